The van der Waals surface area contributed by atoms with Gasteiger partial charge in [-0.25, -0.2) is 4.98 Å². The van der Waals surface area contributed by atoms with E-state index in [-0.39, 0.29) is 5.41 Å². The van der Waals surface area contributed by atoms with Crippen LogP contribution < -0.4 is 4.74 Å². The number of ether oxygens (including phenoxy) is 1. The number of benzene rings is 1. The summed E-state index contributed by atoms with van der Waals surface area (Å²) < 4.78 is 7.41. The Morgan fingerprint density at radius 3 is 2.37 bits per heavy atom. The number of nitrogens with zero attached hydrogens (tertiary/aromatic N) is 2. The highest BCUT2D eigenvalue weighted by molar-refractivity contribution is 9.10. The second kappa shape index (κ2) is 5.59. The van der Waals surface area contributed by atoms with Gasteiger partial charge in [-0.2, -0.15) is 4.98 Å². The Kier molecular flexibility index (Phi) is 4.26. The van der Waals surface area contributed by atoms with Crippen molar-refractivity contribution in [2.75, 3.05) is 0 Å². The fourth-order valence-corrected chi connectivity index (χ4v) is 2.15. The molecule has 0 spiro atoms. The van der Waals surface area contributed by atoms with E-state index in [2.05, 4.69) is 62.6 Å². The molecule has 100 valence electrons. The molecular formula is C14H14Br2N2O. The van der Waals surface area contributed by atoms with Gasteiger partial charge < -0.3 is 4.74 Å². The molecule has 19 heavy (non-hydrogen) atoms. The van der Waals surface area contributed by atoms with Gasteiger partial charge in [0.25, 0.3) is 0 Å². The van der Waals surface area contributed by atoms with Crippen LogP contribution in [-0.4, -0.2) is 9.97 Å². The maximum absolute atomic E-state index is 5.80. The largest absolute Gasteiger partial charge is 0.438 e. The average molecular weight is 386 g/mol. The van der Waals surface area contributed by atoms with E-state index in [4.69, 9.17) is 4.74 Å². The van der Waals surface area contributed by atoms with Gasteiger partial charge in [0.15, 0.2) is 0 Å². The van der Waals surface area contributed by atoms with Crippen LogP contribution in [0.4, 0.5) is 0 Å². The van der Waals surface area contributed by atoms with Gasteiger partial charge in [0, 0.05) is 11.5 Å². The molecule has 0 saturated heterocycles. The third-order valence-electron chi connectivity index (χ3n) is 2.39. The zero-order chi connectivity index (χ0) is 14.0. The molecule has 0 radical (unpaired) electrons. The normalized spacial score (nSPS) is 11.4. The van der Waals surface area contributed by atoms with E-state index in [0.717, 1.165) is 20.6 Å². The molecule has 0 fully saturated rings. The van der Waals surface area contributed by atoms with Gasteiger partial charge in [-0.1, -0.05) is 32.9 Å². The van der Waals surface area contributed by atoms with Crippen molar-refractivity contribution in [1.82, 2.24) is 9.97 Å². The molecule has 0 N–H and O–H groups in total. The van der Waals surface area contributed by atoms with Crippen molar-refractivity contribution in [3.05, 3.63) is 45.2 Å². The number of para-hydroxylation sites is 1. The minimum absolute atomic E-state index is 0.129. The lowest BCUT2D eigenvalue weighted by atomic mass is 9.96. The molecule has 0 atom stereocenters. The highest BCUT2D eigenvalue weighted by atomic mass is 79.9. The van der Waals surface area contributed by atoms with Gasteiger partial charge in [0.1, 0.15) is 16.2 Å². The molecule has 1 aromatic heterocycles. The van der Waals surface area contributed by atoms with Crippen LogP contribution in [0.3, 0.4) is 0 Å². The van der Waals surface area contributed by atoms with E-state index >= 15 is 0 Å². The minimum Gasteiger partial charge on any atom is -0.438 e. The van der Waals surface area contributed by atoms with Gasteiger partial charge in [-0.3, -0.25) is 0 Å². The maximum Gasteiger partial charge on any atom is 0.223 e. The summed E-state index contributed by atoms with van der Waals surface area (Å²) in [5, 5.41) is 0. The molecule has 1 aromatic carbocycles. The Labute approximate surface area is 129 Å². The fourth-order valence-electron chi connectivity index (χ4n) is 1.42. The highest BCUT2D eigenvalue weighted by Crippen LogP contribution is 2.30. The van der Waals surface area contributed by atoms with Crippen LogP contribution >= 0.6 is 31.9 Å². The zero-order valence-electron chi connectivity index (χ0n) is 10.9. The summed E-state index contributed by atoms with van der Waals surface area (Å²) >= 11 is 6.84. The maximum atomic E-state index is 5.80. The van der Waals surface area contributed by atoms with Crippen LogP contribution in [0.1, 0.15) is 26.6 Å². The number of rotatable bonds is 2. The molecule has 0 saturated carbocycles. The third-order valence-corrected chi connectivity index (χ3v) is 3.45. The Hall–Kier alpha value is -0.940. The summed E-state index contributed by atoms with van der Waals surface area (Å²) in [5.74, 6) is 2.00. The van der Waals surface area contributed by atoms with Crippen LogP contribution in [0.5, 0.6) is 11.6 Å². The lowest BCUT2D eigenvalue weighted by Gasteiger charge is -2.17. The van der Waals surface area contributed by atoms with Crippen molar-refractivity contribution in [3.63, 3.8) is 0 Å². The number of aromatic nitrogens is 2. The first-order valence-corrected chi connectivity index (χ1v) is 7.42. The monoisotopic (exact) mass is 384 g/mol. The number of hydrogen-bond donors (Lipinski definition) is 0. The summed E-state index contributed by atoms with van der Waals surface area (Å²) in [6.45, 7) is 6.20. The Bertz CT molecular complexity index is 594. The molecule has 5 heteroatoms. The Morgan fingerprint density at radius 2 is 1.74 bits per heavy atom. The molecular weight excluding hydrogens is 372 g/mol. The SMILES string of the molecule is CC(C)(C)c1nc(Br)cc(Oc2ccccc2Br)n1. The summed E-state index contributed by atoms with van der Waals surface area (Å²) in [6.07, 6.45) is 0. The first-order chi connectivity index (χ1) is 8.86. The molecule has 3 nitrogen and oxygen atoms in total. The van der Waals surface area contributed by atoms with Crippen molar-refractivity contribution in [3.8, 4) is 11.6 Å². The minimum atomic E-state index is -0.129. The van der Waals surface area contributed by atoms with Crippen LogP contribution in [-0.2, 0) is 5.41 Å². The Morgan fingerprint density at radius 1 is 1.05 bits per heavy atom. The van der Waals surface area contributed by atoms with Crippen molar-refractivity contribution in [2.45, 2.75) is 26.2 Å². The second-order valence-corrected chi connectivity index (χ2v) is 6.80. The molecule has 2 rings (SSSR count). The third kappa shape index (κ3) is 3.76. The van der Waals surface area contributed by atoms with E-state index in [1.165, 1.54) is 0 Å². The molecule has 1 heterocycles. The molecule has 0 aliphatic heterocycles. The fraction of sp³-hybridized carbons (Fsp3) is 0.286. The van der Waals surface area contributed by atoms with E-state index < -0.39 is 0 Å². The van der Waals surface area contributed by atoms with Gasteiger partial charge in [0.05, 0.1) is 4.47 Å². The molecule has 0 amide bonds. The second-order valence-electron chi connectivity index (χ2n) is 5.13. The molecule has 0 unspecified atom stereocenters. The van der Waals surface area contributed by atoms with Gasteiger partial charge >= 0.3 is 0 Å². The highest BCUT2D eigenvalue weighted by Gasteiger charge is 2.19. The lowest BCUT2D eigenvalue weighted by molar-refractivity contribution is 0.442. The molecule has 0 aliphatic carbocycles. The summed E-state index contributed by atoms with van der Waals surface area (Å²) in [7, 11) is 0. The predicted octanol–water partition coefficient (Wildman–Crippen LogP) is 5.09. The van der Waals surface area contributed by atoms with Crippen LogP contribution in [0.25, 0.3) is 0 Å². The molecule has 0 aliphatic rings. The van der Waals surface area contributed by atoms with Crippen LogP contribution in [0.15, 0.2) is 39.4 Å². The average Bonchev–Trinajstić information content (AvgIpc) is 2.30. The van der Waals surface area contributed by atoms with Crippen molar-refractivity contribution in [1.29, 1.82) is 0 Å². The molecule has 0 bridgehead atoms. The van der Waals surface area contributed by atoms with E-state index in [1.807, 2.05) is 24.3 Å². The van der Waals surface area contributed by atoms with Crippen molar-refractivity contribution in [2.24, 2.45) is 0 Å². The number of hydrogen-bond acceptors (Lipinski definition) is 3. The zero-order valence-corrected chi connectivity index (χ0v) is 14.1. The summed E-state index contributed by atoms with van der Waals surface area (Å²) in [6, 6.07) is 9.43. The van der Waals surface area contributed by atoms with E-state index in [0.29, 0.717) is 5.88 Å². The van der Waals surface area contributed by atoms with E-state index in [1.54, 1.807) is 6.07 Å². The molecule has 2 aromatic rings. The smallest absolute Gasteiger partial charge is 0.223 e. The van der Waals surface area contributed by atoms with Gasteiger partial charge in [-0.15, -0.1) is 0 Å². The quantitative estimate of drug-likeness (QED) is 0.675. The number of halogens is 2. The Balaban J connectivity index is 2.36. The summed E-state index contributed by atoms with van der Waals surface area (Å²) in [5.41, 5.74) is -0.129. The van der Waals surface area contributed by atoms with Crippen LogP contribution in [0.2, 0.25) is 0 Å². The lowest BCUT2D eigenvalue weighted by Crippen LogP contribution is -2.16. The standard InChI is InChI=1S/C14H14Br2N2O/c1-14(2,3)13-17-11(16)8-12(18-13)19-10-7-5-4-6-9(10)15/h4-8H,1-3H3. The van der Waals surface area contributed by atoms with E-state index in [9.17, 15) is 0 Å². The summed E-state index contributed by atoms with van der Waals surface area (Å²) in [4.78, 5) is 8.84. The van der Waals surface area contributed by atoms with Gasteiger partial charge in [0.2, 0.25) is 5.88 Å². The first-order valence-electron chi connectivity index (χ1n) is 5.84. The topological polar surface area (TPSA) is 35.0 Å². The van der Waals surface area contributed by atoms with Crippen molar-refractivity contribution >= 4 is 31.9 Å². The van der Waals surface area contributed by atoms with Crippen LogP contribution in [0, 0.1) is 0 Å². The van der Waals surface area contributed by atoms with Gasteiger partial charge in [-0.05, 0) is 44.0 Å². The first kappa shape index (κ1) is 14.5. The van der Waals surface area contributed by atoms with Crippen molar-refractivity contribution < 1.29 is 4.74 Å². The predicted molar refractivity (Wildman–Crippen MR) is 82.6 cm³/mol.